The van der Waals surface area contributed by atoms with Crippen molar-refractivity contribution in [3.05, 3.63) is 32.5 Å². The standard InChI is InChI=1S/C23H36N6O4/c1-14(2)12-13-29-17-18(27(6)22(32)28(7)19(17)30)26-20(29)24-15-10-8-9-11-16(15)25-21(31)33-23(3,4)5/h12,15-16H,8-11,13H2,1-7H3,(H,24,26)(H,25,31)/t15-,16+/m1/s1. The molecule has 0 spiro atoms. The van der Waals surface area contributed by atoms with Crippen LogP contribution in [0.15, 0.2) is 21.2 Å². The first-order chi connectivity index (χ1) is 15.4. The van der Waals surface area contributed by atoms with Gasteiger partial charge >= 0.3 is 11.8 Å². The van der Waals surface area contributed by atoms with Crippen molar-refractivity contribution >= 4 is 23.2 Å². The van der Waals surface area contributed by atoms with E-state index in [9.17, 15) is 14.4 Å². The van der Waals surface area contributed by atoms with E-state index in [0.29, 0.717) is 23.7 Å². The summed E-state index contributed by atoms with van der Waals surface area (Å²) in [6.45, 7) is 9.91. The number of ether oxygens (including phenoxy) is 1. The molecule has 2 aromatic rings. The molecule has 2 N–H and O–H groups in total. The zero-order valence-electron chi connectivity index (χ0n) is 20.7. The Kier molecular flexibility index (Phi) is 7.04. The molecule has 182 valence electrons. The van der Waals surface area contributed by atoms with E-state index in [1.807, 2.05) is 45.3 Å². The topological polar surface area (TPSA) is 112 Å². The van der Waals surface area contributed by atoms with Gasteiger partial charge in [0.15, 0.2) is 11.2 Å². The van der Waals surface area contributed by atoms with Gasteiger partial charge in [-0.15, -0.1) is 0 Å². The summed E-state index contributed by atoms with van der Waals surface area (Å²) < 4.78 is 9.74. The summed E-state index contributed by atoms with van der Waals surface area (Å²) in [7, 11) is 3.08. The highest BCUT2D eigenvalue weighted by atomic mass is 16.6. The number of aromatic nitrogens is 4. The fourth-order valence-electron chi connectivity index (χ4n) is 4.11. The average Bonchev–Trinajstić information content (AvgIpc) is 3.07. The van der Waals surface area contributed by atoms with E-state index in [4.69, 9.17) is 4.74 Å². The van der Waals surface area contributed by atoms with Gasteiger partial charge in [0.05, 0.1) is 6.04 Å². The second kappa shape index (κ2) is 9.44. The third-order valence-corrected chi connectivity index (χ3v) is 5.81. The lowest BCUT2D eigenvalue weighted by molar-refractivity contribution is 0.0488. The lowest BCUT2D eigenvalue weighted by Gasteiger charge is -2.33. The van der Waals surface area contributed by atoms with Crippen LogP contribution in [0.4, 0.5) is 10.7 Å². The minimum atomic E-state index is -0.579. The number of nitrogens with one attached hydrogen (secondary N) is 2. The fraction of sp³-hybridized carbons (Fsp3) is 0.652. The number of fused-ring (bicyclic) bond motifs is 1. The quantitative estimate of drug-likeness (QED) is 0.664. The number of allylic oxidation sites excluding steroid dienone is 2. The van der Waals surface area contributed by atoms with Crippen molar-refractivity contribution in [3.63, 3.8) is 0 Å². The predicted octanol–water partition coefficient (Wildman–Crippen LogP) is 2.65. The number of alkyl carbamates (subject to hydrolysis) is 1. The highest BCUT2D eigenvalue weighted by Gasteiger charge is 2.30. The summed E-state index contributed by atoms with van der Waals surface area (Å²) in [6, 6.07) is -0.230. The largest absolute Gasteiger partial charge is 0.444 e. The maximum absolute atomic E-state index is 13.0. The van der Waals surface area contributed by atoms with Crippen LogP contribution in [-0.4, -0.2) is 42.5 Å². The van der Waals surface area contributed by atoms with Crippen LogP contribution in [0.25, 0.3) is 11.2 Å². The second-order valence-electron chi connectivity index (χ2n) is 9.99. The smallest absolute Gasteiger partial charge is 0.407 e. The second-order valence-corrected chi connectivity index (χ2v) is 9.99. The van der Waals surface area contributed by atoms with Crippen LogP contribution < -0.4 is 21.9 Å². The van der Waals surface area contributed by atoms with Crippen molar-refractivity contribution in [1.82, 2.24) is 24.0 Å². The van der Waals surface area contributed by atoms with Gasteiger partial charge in [0.25, 0.3) is 5.56 Å². The molecule has 1 amide bonds. The zero-order valence-corrected chi connectivity index (χ0v) is 20.7. The average molecular weight is 461 g/mol. The Hall–Kier alpha value is -3.04. The monoisotopic (exact) mass is 460 g/mol. The van der Waals surface area contributed by atoms with E-state index in [0.717, 1.165) is 35.8 Å². The van der Waals surface area contributed by atoms with Crippen LogP contribution >= 0.6 is 0 Å². The van der Waals surface area contributed by atoms with E-state index in [1.54, 1.807) is 7.05 Å². The Morgan fingerprint density at radius 1 is 1.12 bits per heavy atom. The maximum atomic E-state index is 13.0. The van der Waals surface area contributed by atoms with Crippen molar-refractivity contribution in [2.45, 2.75) is 84.5 Å². The van der Waals surface area contributed by atoms with E-state index in [1.165, 1.54) is 11.6 Å². The first kappa shape index (κ1) is 24.6. The Morgan fingerprint density at radius 2 is 1.76 bits per heavy atom. The summed E-state index contributed by atoms with van der Waals surface area (Å²) in [5.74, 6) is 0.503. The Labute approximate surface area is 193 Å². The molecule has 3 rings (SSSR count). The third-order valence-electron chi connectivity index (χ3n) is 5.81. The Bertz CT molecular complexity index is 1180. The number of amides is 1. The maximum Gasteiger partial charge on any atom is 0.407 e. The molecule has 1 aliphatic rings. The molecule has 0 aromatic carbocycles. The van der Waals surface area contributed by atoms with E-state index >= 15 is 0 Å². The lowest BCUT2D eigenvalue weighted by Crippen LogP contribution is -2.50. The molecular formula is C23H36N6O4. The van der Waals surface area contributed by atoms with E-state index < -0.39 is 17.4 Å². The van der Waals surface area contributed by atoms with Gasteiger partial charge in [0.1, 0.15) is 5.60 Å². The van der Waals surface area contributed by atoms with Crippen molar-refractivity contribution in [2.24, 2.45) is 14.1 Å². The van der Waals surface area contributed by atoms with Crippen LogP contribution in [-0.2, 0) is 25.4 Å². The molecule has 10 heteroatoms. The molecule has 1 fully saturated rings. The van der Waals surface area contributed by atoms with Gasteiger partial charge in [-0.1, -0.05) is 24.5 Å². The van der Waals surface area contributed by atoms with Gasteiger partial charge < -0.3 is 19.9 Å². The molecule has 2 aromatic heterocycles. The summed E-state index contributed by atoms with van der Waals surface area (Å²) >= 11 is 0. The summed E-state index contributed by atoms with van der Waals surface area (Å²) in [4.78, 5) is 42.5. The first-order valence-electron chi connectivity index (χ1n) is 11.4. The minimum absolute atomic E-state index is 0.0885. The molecule has 0 unspecified atom stereocenters. The lowest BCUT2D eigenvalue weighted by atomic mass is 9.90. The molecule has 2 heterocycles. The van der Waals surface area contributed by atoms with Crippen molar-refractivity contribution in [2.75, 3.05) is 5.32 Å². The fourth-order valence-corrected chi connectivity index (χ4v) is 4.11. The van der Waals surface area contributed by atoms with Gasteiger partial charge in [0.2, 0.25) is 5.95 Å². The minimum Gasteiger partial charge on any atom is -0.444 e. The van der Waals surface area contributed by atoms with Crippen LogP contribution in [0.1, 0.15) is 60.3 Å². The number of rotatable bonds is 5. The van der Waals surface area contributed by atoms with Crippen molar-refractivity contribution < 1.29 is 9.53 Å². The molecule has 0 aliphatic heterocycles. The molecule has 1 aliphatic carbocycles. The molecule has 0 saturated heterocycles. The molecular weight excluding hydrogens is 424 g/mol. The van der Waals surface area contributed by atoms with Gasteiger partial charge in [-0.2, -0.15) is 4.98 Å². The highest BCUT2D eigenvalue weighted by Crippen LogP contribution is 2.24. The van der Waals surface area contributed by atoms with Crippen molar-refractivity contribution in [1.29, 1.82) is 0 Å². The molecule has 33 heavy (non-hydrogen) atoms. The number of nitrogens with zero attached hydrogens (tertiary/aromatic N) is 4. The molecule has 0 bridgehead atoms. The van der Waals surface area contributed by atoms with E-state index in [2.05, 4.69) is 15.6 Å². The summed E-state index contributed by atoms with van der Waals surface area (Å²) in [6.07, 6.45) is 5.22. The van der Waals surface area contributed by atoms with Crippen LogP contribution in [0, 0.1) is 0 Å². The zero-order chi connectivity index (χ0) is 24.5. The predicted molar refractivity (Wildman–Crippen MR) is 129 cm³/mol. The van der Waals surface area contributed by atoms with Gasteiger partial charge in [-0.05, 0) is 47.5 Å². The highest BCUT2D eigenvalue weighted by molar-refractivity contribution is 5.74. The molecule has 0 radical (unpaired) electrons. The number of hydrogen-bond acceptors (Lipinski definition) is 6. The van der Waals surface area contributed by atoms with E-state index in [-0.39, 0.29) is 17.6 Å². The summed E-state index contributed by atoms with van der Waals surface area (Å²) in [5.41, 5.74) is 0.417. The number of imidazole rings is 1. The summed E-state index contributed by atoms with van der Waals surface area (Å²) in [5, 5.41) is 6.46. The normalized spacial score (nSPS) is 18.8. The first-order valence-corrected chi connectivity index (χ1v) is 11.4. The molecule has 1 saturated carbocycles. The number of carbonyl (C=O) groups excluding carboxylic acids is 1. The SMILES string of the molecule is CC(C)=CCn1c(N[C@@H]2CCCC[C@@H]2NC(=O)OC(C)(C)C)nc2c1c(=O)n(C)c(=O)n2C. The Balaban J connectivity index is 2.00. The van der Waals surface area contributed by atoms with Gasteiger partial charge in [-0.3, -0.25) is 13.9 Å². The van der Waals surface area contributed by atoms with Crippen LogP contribution in [0.2, 0.25) is 0 Å². The Morgan fingerprint density at radius 3 is 2.36 bits per heavy atom. The molecule has 10 nitrogen and oxygen atoms in total. The number of aryl methyl sites for hydroxylation is 1. The van der Waals surface area contributed by atoms with Gasteiger partial charge in [-0.25, -0.2) is 9.59 Å². The van der Waals surface area contributed by atoms with Crippen LogP contribution in [0.5, 0.6) is 0 Å². The van der Waals surface area contributed by atoms with Crippen molar-refractivity contribution in [3.8, 4) is 0 Å². The van der Waals surface area contributed by atoms with Gasteiger partial charge in [0, 0.05) is 26.7 Å². The molecule has 2 atom stereocenters. The number of hydrogen-bond donors (Lipinski definition) is 2. The number of anilines is 1. The number of carbonyl (C=O) groups is 1. The van der Waals surface area contributed by atoms with Crippen LogP contribution in [0.3, 0.4) is 0 Å². The third kappa shape index (κ3) is 5.48.